The molecule has 0 aromatic heterocycles. The van der Waals surface area contributed by atoms with Crippen LogP contribution in [0.25, 0.3) is 0 Å². The molecule has 0 saturated heterocycles. The second-order valence-electron chi connectivity index (χ2n) is 4.25. The summed E-state index contributed by atoms with van der Waals surface area (Å²) in [6, 6.07) is 8.40. The first-order chi connectivity index (χ1) is 9.11. The number of hydrogen-bond acceptors (Lipinski definition) is 4. The highest BCUT2D eigenvalue weighted by atomic mass is 16.5. The molecule has 2 atom stereocenters. The molecule has 6 nitrogen and oxygen atoms in total. The van der Waals surface area contributed by atoms with Gasteiger partial charge < -0.3 is 15.2 Å². The predicted molar refractivity (Wildman–Crippen MR) is 65.4 cm³/mol. The summed E-state index contributed by atoms with van der Waals surface area (Å²) in [6.07, 6.45) is 0.393. The van der Waals surface area contributed by atoms with E-state index in [-0.39, 0.29) is 12.5 Å². The third kappa shape index (κ3) is 3.22. The minimum absolute atomic E-state index is 0.0337. The van der Waals surface area contributed by atoms with Crippen LogP contribution in [0.5, 0.6) is 5.75 Å². The molecule has 0 spiro atoms. The van der Waals surface area contributed by atoms with E-state index in [2.05, 4.69) is 5.32 Å². The number of anilines is 1. The molecule has 2 rings (SSSR count). The lowest BCUT2D eigenvalue weighted by Gasteiger charge is -2.06. The maximum atomic E-state index is 11.7. The van der Waals surface area contributed by atoms with Crippen molar-refractivity contribution in [3.8, 4) is 11.8 Å². The molecule has 1 aliphatic rings. The van der Waals surface area contributed by atoms with Gasteiger partial charge in [0.25, 0.3) is 0 Å². The van der Waals surface area contributed by atoms with Gasteiger partial charge in [0.1, 0.15) is 11.8 Å². The Labute approximate surface area is 109 Å². The summed E-state index contributed by atoms with van der Waals surface area (Å²) in [4.78, 5) is 22.3. The lowest BCUT2D eigenvalue weighted by atomic mass is 10.2. The fraction of sp³-hybridized carbons (Fsp3) is 0.308. The number of aliphatic carboxylic acids is 1. The van der Waals surface area contributed by atoms with Gasteiger partial charge in [0.2, 0.25) is 5.91 Å². The van der Waals surface area contributed by atoms with Gasteiger partial charge in [-0.05, 0) is 30.7 Å². The van der Waals surface area contributed by atoms with Crippen LogP contribution < -0.4 is 10.1 Å². The molecule has 0 aliphatic heterocycles. The number of benzene rings is 1. The first-order valence-corrected chi connectivity index (χ1v) is 5.75. The number of nitriles is 1. The first kappa shape index (κ1) is 12.9. The Balaban J connectivity index is 1.88. The summed E-state index contributed by atoms with van der Waals surface area (Å²) in [7, 11) is 0. The Bertz CT molecular complexity index is 533. The molecule has 1 aromatic carbocycles. The lowest BCUT2D eigenvalue weighted by Crippen LogP contribution is -2.16. The summed E-state index contributed by atoms with van der Waals surface area (Å²) in [5, 5.41) is 19.7. The van der Waals surface area contributed by atoms with Crippen LogP contribution in [-0.2, 0) is 9.59 Å². The van der Waals surface area contributed by atoms with E-state index in [0.29, 0.717) is 17.9 Å². The third-order valence-electron chi connectivity index (χ3n) is 2.87. The fourth-order valence-corrected chi connectivity index (χ4v) is 1.74. The number of carboxylic acid groups (broad SMARTS) is 1. The molecular weight excluding hydrogens is 248 g/mol. The molecule has 98 valence electrons. The quantitative estimate of drug-likeness (QED) is 0.829. The van der Waals surface area contributed by atoms with Gasteiger partial charge in [-0.15, -0.1) is 0 Å². The van der Waals surface area contributed by atoms with Crippen molar-refractivity contribution < 1.29 is 19.4 Å². The van der Waals surface area contributed by atoms with Crippen molar-refractivity contribution in [2.24, 2.45) is 11.8 Å². The van der Waals surface area contributed by atoms with Crippen molar-refractivity contribution >= 4 is 17.6 Å². The van der Waals surface area contributed by atoms with Crippen molar-refractivity contribution in [1.29, 1.82) is 5.26 Å². The average Bonchev–Trinajstić information content (AvgIpc) is 3.18. The van der Waals surface area contributed by atoms with Gasteiger partial charge in [-0.25, -0.2) is 0 Å². The molecule has 1 aliphatic carbocycles. The molecule has 0 bridgehead atoms. The standard InChI is InChI=1S/C13H12N2O4/c14-5-6-19-9-3-1-8(2-4-9)15-12(16)10-7-11(10)13(17)18/h1-4,10-11H,6-7H2,(H,15,16)(H,17,18)/t10-,11+/m1/s1. The van der Waals surface area contributed by atoms with Crippen LogP contribution in [0.1, 0.15) is 6.42 Å². The average molecular weight is 260 g/mol. The lowest BCUT2D eigenvalue weighted by molar-refractivity contribution is -0.139. The summed E-state index contributed by atoms with van der Waals surface area (Å²) >= 11 is 0. The Morgan fingerprint density at radius 3 is 2.58 bits per heavy atom. The Hall–Kier alpha value is -2.55. The number of rotatable bonds is 5. The first-order valence-electron chi connectivity index (χ1n) is 5.75. The number of carboxylic acids is 1. The van der Waals surface area contributed by atoms with Crippen LogP contribution in [0.2, 0.25) is 0 Å². The zero-order valence-corrected chi connectivity index (χ0v) is 10.00. The smallest absolute Gasteiger partial charge is 0.307 e. The molecule has 2 N–H and O–H groups in total. The Morgan fingerprint density at radius 1 is 1.37 bits per heavy atom. The van der Waals surface area contributed by atoms with Crippen LogP contribution in [0.4, 0.5) is 5.69 Å². The van der Waals surface area contributed by atoms with E-state index >= 15 is 0 Å². The monoisotopic (exact) mass is 260 g/mol. The molecular formula is C13H12N2O4. The van der Waals surface area contributed by atoms with E-state index in [4.69, 9.17) is 15.1 Å². The van der Waals surface area contributed by atoms with Crippen molar-refractivity contribution in [3.05, 3.63) is 24.3 Å². The highest BCUT2D eigenvalue weighted by Crippen LogP contribution is 2.39. The Kier molecular flexibility index (Phi) is 3.66. The van der Waals surface area contributed by atoms with Gasteiger partial charge in [-0.1, -0.05) is 0 Å². The molecule has 0 radical (unpaired) electrons. The molecule has 1 fully saturated rings. The summed E-state index contributed by atoms with van der Waals surface area (Å²) < 4.78 is 5.07. The topological polar surface area (TPSA) is 99.4 Å². The van der Waals surface area contributed by atoms with Crippen molar-refractivity contribution in [2.45, 2.75) is 6.42 Å². The fourth-order valence-electron chi connectivity index (χ4n) is 1.74. The van der Waals surface area contributed by atoms with E-state index in [1.807, 2.05) is 6.07 Å². The van der Waals surface area contributed by atoms with E-state index in [1.54, 1.807) is 24.3 Å². The minimum atomic E-state index is -0.930. The van der Waals surface area contributed by atoms with E-state index < -0.39 is 17.8 Å². The van der Waals surface area contributed by atoms with Crippen molar-refractivity contribution in [3.63, 3.8) is 0 Å². The number of nitrogens with one attached hydrogen (secondary N) is 1. The van der Waals surface area contributed by atoms with Crippen molar-refractivity contribution in [1.82, 2.24) is 0 Å². The highest BCUT2D eigenvalue weighted by Gasteiger charge is 2.48. The van der Waals surface area contributed by atoms with Crippen LogP contribution in [-0.4, -0.2) is 23.6 Å². The molecule has 6 heteroatoms. The number of carbonyl (C=O) groups excluding carboxylic acids is 1. The zero-order chi connectivity index (χ0) is 13.8. The van der Waals surface area contributed by atoms with Crippen LogP contribution in [0.15, 0.2) is 24.3 Å². The number of hydrogen-bond donors (Lipinski definition) is 2. The summed E-state index contributed by atoms with van der Waals surface area (Å²) in [5.41, 5.74) is 0.574. The number of amides is 1. The van der Waals surface area contributed by atoms with Crippen LogP contribution in [0.3, 0.4) is 0 Å². The number of ether oxygens (including phenoxy) is 1. The van der Waals surface area contributed by atoms with E-state index in [0.717, 1.165) is 0 Å². The normalized spacial score (nSPS) is 20.2. The molecule has 1 aromatic rings. The van der Waals surface area contributed by atoms with Gasteiger partial charge >= 0.3 is 5.97 Å². The van der Waals surface area contributed by atoms with E-state index in [9.17, 15) is 9.59 Å². The Morgan fingerprint density at radius 2 is 2.05 bits per heavy atom. The van der Waals surface area contributed by atoms with Gasteiger partial charge in [-0.2, -0.15) is 5.26 Å². The van der Waals surface area contributed by atoms with Gasteiger partial charge in [0.15, 0.2) is 6.61 Å². The van der Waals surface area contributed by atoms with Gasteiger partial charge in [-0.3, -0.25) is 9.59 Å². The van der Waals surface area contributed by atoms with E-state index in [1.165, 1.54) is 0 Å². The largest absolute Gasteiger partial charge is 0.481 e. The second-order valence-corrected chi connectivity index (χ2v) is 4.25. The molecule has 1 saturated carbocycles. The molecule has 19 heavy (non-hydrogen) atoms. The SMILES string of the molecule is N#CCOc1ccc(NC(=O)[C@@H]2C[C@@H]2C(=O)O)cc1. The second kappa shape index (κ2) is 5.40. The summed E-state index contributed by atoms with van der Waals surface area (Å²) in [5.74, 6) is -1.67. The summed E-state index contributed by atoms with van der Waals surface area (Å²) in [6.45, 7) is -0.0337. The maximum Gasteiger partial charge on any atom is 0.307 e. The highest BCUT2D eigenvalue weighted by molar-refractivity contribution is 5.98. The van der Waals surface area contributed by atoms with Gasteiger partial charge in [0, 0.05) is 5.69 Å². The molecule has 0 unspecified atom stereocenters. The predicted octanol–water partition coefficient (Wildman–Crippen LogP) is 1.25. The van der Waals surface area contributed by atoms with Crippen LogP contribution in [0, 0.1) is 23.2 Å². The molecule has 0 heterocycles. The van der Waals surface area contributed by atoms with Crippen molar-refractivity contribution in [2.75, 3.05) is 11.9 Å². The molecule has 1 amide bonds. The number of nitrogens with zero attached hydrogens (tertiary/aromatic N) is 1. The maximum absolute atomic E-state index is 11.7. The number of carbonyl (C=O) groups is 2. The van der Waals surface area contributed by atoms with Gasteiger partial charge in [0.05, 0.1) is 11.8 Å². The zero-order valence-electron chi connectivity index (χ0n) is 10.00. The van der Waals surface area contributed by atoms with Crippen LogP contribution >= 0.6 is 0 Å². The third-order valence-corrected chi connectivity index (χ3v) is 2.87. The minimum Gasteiger partial charge on any atom is -0.481 e.